The highest BCUT2D eigenvalue weighted by molar-refractivity contribution is 5.76. The number of unbranched alkanes of at least 4 members (excludes halogenated alkanes) is 1. The van der Waals surface area contributed by atoms with E-state index >= 15 is 0 Å². The number of aryl methyl sites for hydroxylation is 2. The van der Waals surface area contributed by atoms with Crippen LogP contribution in [0.1, 0.15) is 59.7 Å². The van der Waals surface area contributed by atoms with E-state index in [9.17, 15) is 4.79 Å². The molecular formula is C25H31N3O. The van der Waals surface area contributed by atoms with E-state index < -0.39 is 0 Å². The first-order valence-corrected chi connectivity index (χ1v) is 10.4. The van der Waals surface area contributed by atoms with Crippen molar-refractivity contribution in [3.63, 3.8) is 0 Å². The Hall–Kier alpha value is -2.88. The lowest BCUT2D eigenvalue weighted by Crippen LogP contribution is -2.29. The van der Waals surface area contributed by atoms with Crippen molar-refractivity contribution in [3.05, 3.63) is 84.0 Å². The maximum Gasteiger partial charge on any atom is 0.151 e. The Morgan fingerprint density at radius 2 is 2.03 bits per heavy atom. The van der Waals surface area contributed by atoms with E-state index in [0.29, 0.717) is 5.56 Å². The van der Waals surface area contributed by atoms with E-state index in [1.165, 1.54) is 29.5 Å². The monoisotopic (exact) mass is 389 g/mol. The van der Waals surface area contributed by atoms with Gasteiger partial charge in [0.15, 0.2) is 6.29 Å². The molecule has 2 N–H and O–H groups in total. The second-order valence-corrected chi connectivity index (χ2v) is 8.01. The zero-order valence-electron chi connectivity index (χ0n) is 17.3. The minimum atomic E-state index is -0.219. The first kappa shape index (κ1) is 20.8. The fraction of sp³-hybridized carbons (Fsp3) is 0.360. The number of carbonyl (C=O) groups excluding carboxylic acids is 1. The van der Waals surface area contributed by atoms with Crippen LogP contribution in [0.5, 0.6) is 0 Å². The third-order valence-corrected chi connectivity index (χ3v) is 5.98. The Labute approximate surface area is 174 Å². The lowest BCUT2D eigenvalue weighted by molar-refractivity contribution is 0.112. The van der Waals surface area contributed by atoms with Crippen molar-refractivity contribution in [1.82, 2.24) is 10.3 Å². The molecule has 0 aliphatic heterocycles. The second-order valence-electron chi connectivity index (χ2n) is 8.01. The summed E-state index contributed by atoms with van der Waals surface area (Å²) in [6.07, 6.45) is 12.6. The van der Waals surface area contributed by atoms with E-state index in [4.69, 9.17) is 0 Å². The van der Waals surface area contributed by atoms with Gasteiger partial charge in [0.25, 0.3) is 0 Å². The number of hydrogen-bond donors (Lipinski definition) is 2. The van der Waals surface area contributed by atoms with Crippen molar-refractivity contribution in [1.29, 1.82) is 0 Å². The highest BCUT2D eigenvalue weighted by Gasteiger charge is 2.31. The summed E-state index contributed by atoms with van der Waals surface area (Å²) in [4.78, 5) is 15.2. The van der Waals surface area contributed by atoms with Gasteiger partial charge in [-0.1, -0.05) is 37.8 Å². The largest absolute Gasteiger partial charge is 0.391 e. The molecule has 3 rings (SSSR count). The number of aromatic nitrogens is 1. The van der Waals surface area contributed by atoms with Crippen LogP contribution in [-0.2, 0) is 18.3 Å². The lowest BCUT2D eigenvalue weighted by Gasteiger charge is -2.34. The average Bonchev–Trinajstić information content (AvgIpc) is 3.21. The summed E-state index contributed by atoms with van der Waals surface area (Å²) in [5.41, 5.74) is 6.30. The summed E-state index contributed by atoms with van der Waals surface area (Å²) in [7, 11) is 0. The molecule has 0 unspecified atom stereocenters. The summed E-state index contributed by atoms with van der Waals surface area (Å²) in [5.74, 6) is 0. The second kappa shape index (κ2) is 9.55. The third kappa shape index (κ3) is 4.94. The third-order valence-electron chi connectivity index (χ3n) is 5.98. The normalized spacial score (nSPS) is 14.5. The molecule has 0 bridgehead atoms. The number of hydrogen-bond acceptors (Lipinski definition) is 4. The fourth-order valence-electron chi connectivity index (χ4n) is 4.09. The number of fused-ring (bicyclic) bond motifs is 1. The van der Waals surface area contributed by atoms with Gasteiger partial charge < -0.3 is 10.6 Å². The summed E-state index contributed by atoms with van der Waals surface area (Å²) in [6.45, 7) is 11.3. The Bertz CT molecular complexity index is 889. The number of nitrogens with zero attached hydrogens (tertiary/aromatic N) is 1. The van der Waals surface area contributed by atoms with Crippen LogP contribution >= 0.6 is 0 Å². The number of aldehydes is 1. The smallest absolute Gasteiger partial charge is 0.151 e. The number of carbonyl (C=O) groups is 1. The molecule has 0 fully saturated rings. The van der Waals surface area contributed by atoms with E-state index in [2.05, 4.69) is 53.9 Å². The first-order valence-electron chi connectivity index (χ1n) is 10.4. The molecule has 1 atom stereocenters. The standard InChI is InChI=1S/C25H31N3O/c1-4-26-13-6-5-12-25(3,23-11-10-21-8-7-9-22(21)15-23)19(2)28-24-14-20(18-29)16-27-17-24/h4,10-11,14-18,26,28H,1-2,5-9,12-13H2,3H3/t25-/m1/s1. The fourth-order valence-corrected chi connectivity index (χ4v) is 4.09. The van der Waals surface area contributed by atoms with Crippen molar-refractivity contribution < 1.29 is 4.79 Å². The topological polar surface area (TPSA) is 54.0 Å². The minimum Gasteiger partial charge on any atom is -0.391 e. The van der Waals surface area contributed by atoms with Gasteiger partial charge in [0.2, 0.25) is 0 Å². The molecule has 0 saturated carbocycles. The van der Waals surface area contributed by atoms with E-state index in [1.807, 2.05) is 6.07 Å². The molecule has 2 aromatic rings. The zero-order valence-corrected chi connectivity index (χ0v) is 17.3. The van der Waals surface area contributed by atoms with Gasteiger partial charge in [-0.2, -0.15) is 0 Å². The molecule has 1 aromatic carbocycles. The van der Waals surface area contributed by atoms with Gasteiger partial charge in [0.1, 0.15) is 0 Å². The Morgan fingerprint density at radius 1 is 1.21 bits per heavy atom. The molecule has 0 spiro atoms. The molecule has 29 heavy (non-hydrogen) atoms. The molecule has 1 heterocycles. The molecule has 4 nitrogen and oxygen atoms in total. The Morgan fingerprint density at radius 3 is 2.83 bits per heavy atom. The predicted octanol–water partition coefficient (Wildman–Crippen LogP) is 5.17. The number of pyridine rings is 1. The van der Waals surface area contributed by atoms with Crippen LogP contribution in [-0.4, -0.2) is 17.8 Å². The summed E-state index contributed by atoms with van der Waals surface area (Å²) < 4.78 is 0. The molecule has 1 aromatic heterocycles. The average molecular weight is 390 g/mol. The molecule has 1 aliphatic rings. The van der Waals surface area contributed by atoms with Crippen LogP contribution in [0.15, 0.2) is 61.7 Å². The zero-order chi connectivity index (χ0) is 20.7. The van der Waals surface area contributed by atoms with Crippen LogP contribution in [0.4, 0.5) is 5.69 Å². The maximum absolute atomic E-state index is 11.1. The number of rotatable bonds is 11. The lowest BCUT2D eigenvalue weighted by atomic mass is 9.75. The molecule has 4 heteroatoms. The molecule has 0 amide bonds. The van der Waals surface area contributed by atoms with Gasteiger partial charge in [-0.25, -0.2) is 0 Å². The van der Waals surface area contributed by atoms with Gasteiger partial charge in [0, 0.05) is 29.4 Å². The highest BCUT2D eigenvalue weighted by Crippen LogP contribution is 2.38. The van der Waals surface area contributed by atoms with Crippen molar-refractivity contribution in [3.8, 4) is 0 Å². The number of anilines is 1. The van der Waals surface area contributed by atoms with Crippen LogP contribution in [0.25, 0.3) is 0 Å². The van der Waals surface area contributed by atoms with Gasteiger partial charge in [-0.3, -0.25) is 9.78 Å². The van der Waals surface area contributed by atoms with Crippen molar-refractivity contribution >= 4 is 12.0 Å². The van der Waals surface area contributed by atoms with Gasteiger partial charge in [-0.05, 0) is 68.0 Å². The number of allylic oxidation sites excluding steroid dienone is 1. The number of nitrogens with one attached hydrogen (secondary N) is 2. The van der Waals surface area contributed by atoms with Crippen molar-refractivity contribution in [2.24, 2.45) is 0 Å². The van der Waals surface area contributed by atoms with E-state index in [1.54, 1.807) is 18.6 Å². The van der Waals surface area contributed by atoms with E-state index in [-0.39, 0.29) is 5.41 Å². The van der Waals surface area contributed by atoms with Gasteiger partial charge in [0.05, 0.1) is 11.9 Å². The predicted molar refractivity (Wildman–Crippen MR) is 120 cm³/mol. The van der Waals surface area contributed by atoms with Crippen LogP contribution in [0, 0.1) is 0 Å². The quantitative estimate of drug-likeness (QED) is 0.411. The summed E-state index contributed by atoms with van der Waals surface area (Å²) in [6, 6.07) is 8.73. The molecule has 152 valence electrons. The Kier molecular flexibility index (Phi) is 6.86. The molecule has 0 radical (unpaired) electrons. The van der Waals surface area contributed by atoms with Crippen molar-refractivity contribution in [2.45, 2.75) is 50.9 Å². The summed E-state index contributed by atoms with van der Waals surface area (Å²) >= 11 is 0. The maximum atomic E-state index is 11.1. The highest BCUT2D eigenvalue weighted by atomic mass is 16.1. The summed E-state index contributed by atoms with van der Waals surface area (Å²) in [5, 5.41) is 6.60. The molecular weight excluding hydrogens is 358 g/mol. The van der Waals surface area contributed by atoms with Gasteiger partial charge in [-0.15, -0.1) is 0 Å². The van der Waals surface area contributed by atoms with E-state index in [0.717, 1.165) is 49.9 Å². The van der Waals surface area contributed by atoms with Crippen LogP contribution in [0.3, 0.4) is 0 Å². The number of benzene rings is 1. The Balaban J connectivity index is 1.83. The van der Waals surface area contributed by atoms with Crippen LogP contribution in [0.2, 0.25) is 0 Å². The molecule has 0 saturated heterocycles. The minimum absolute atomic E-state index is 0.219. The van der Waals surface area contributed by atoms with Crippen LogP contribution < -0.4 is 10.6 Å². The van der Waals surface area contributed by atoms with Gasteiger partial charge >= 0.3 is 0 Å². The SMILES string of the molecule is C=CNCCCC[C@](C)(C(=C)Nc1cncc(C=O)c1)c1ccc2c(c1)CCC2. The first-order chi connectivity index (χ1) is 14.1. The van der Waals surface area contributed by atoms with Crippen molar-refractivity contribution in [2.75, 3.05) is 11.9 Å². The molecule has 1 aliphatic carbocycles.